The topological polar surface area (TPSA) is 45.0 Å². The molecule has 4 rings (SSSR count). The summed E-state index contributed by atoms with van der Waals surface area (Å²) in [7, 11) is 0. The van der Waals surface area contributed by atoms with E-state index in [1.165, 1.54) is 22.5 Å². The van der Waals surface area contributed by atoms with Crippen LogP contribution in [0.3, 0.4) is 0 Å². The van der Waals surface area contributed by atoms with E-state index in [2.05, 4.69) is 41.4 Å². The van der Waals surface area contributed by atoms with Crippen LogP contribution in [0.25, 0.3) is 10.8 Å². The van der Waals surface area contributed by atoms with Crippen molar-refractivity contribution in [3.05, 3.63) is 83.9 Å². The molecule has 146 valence electrons. The van der Waals surface area contributed by atoms with Crippen LogP contribution in [-0.2, 0) is 11.3 Å². The molecule has 1 atom stereocenters. The molecule has 1 aliphatic rings. The fraction of sp³-hybridized carbons (Fsp3) is 0.208. The molecule has 1 fully saturated rings. The van der Waals surface area contributed by atoms with E-state index < -0.39 is 0 Å². The zero-order chi connectivity index (χ0) is 20.1. The van der Waals surface area contributed by atoms with Gasteiger partial charge in [-0.3, -0.25) is 9.69 Å². The summed E-state index contributed by atoms with van der Waals surface area (Å²) in [5.74, 6) is 0.124. The van der Waals surface area contributed by atoms with E-state index in [1.807, 2.05) is 48.5 Å². The number of amides is 1. The highest BCUT2D eigenvalue weighted by Crippen LogP contribution is 2.32. The second kappa shape index (κ2) is 9.05. The Hall–Kier alpha value is -2.92. The molecule has 1 heterocycles. The lowest BCUT2D eigenvalue weighted by atomic mass is 10.0. The van der Waals surface area contributed by atoms with Crippen LogP contribution in [0.5, 0.6) is 0 Å². The number of benzene rings is 3. The Bertz CT molecular complexity index is 1060. The zero-order valence-corrected chi connectivity index (χ0v) is 17.2. The Balaban J connectivity index is 1.63. The third kappa shape index (κ3) is 4.40. The van der Waals surface area contributed by atoms with Gasteiger partial charge in [-0.15, -0.1) is 5.10 Å². The van der Waals surface area contributed by atoms with Crippen LogP contribution in [0.2, 0.25) is 0 Å². The molecule has 0 radical (unpaired) electrons. The predicted octanol–water partition coefficient (Wildman–Crippen LogP) is 5.47. The third-order valence-electron chi connectivity index (χ3n) is 4.93. The fourth-order valence-corrected chi connectivity index (χ4v) is 4.67. The van der Waals surface area contributed by atoms with Gasteiger partial charge >= 0.3 is 0 Å². The summed E-state index contributed by atoms with van der Waals surface area (Å²) in [5, 5.41) is 11.6. The molecular weight excluding hydrogens is 378 g/mol. The van der Waals surface area contributed by atoms with Gasteiger partial charge in [-0.2, -0.15) is 5.10 Å². The van der Waals surface area contributed by atoms with Gasteiger partial charge in [-0.05, 0) is 28.3 Å². The molecule has 1 aliphatic heterocycles. The molecule has 0 aromatic heterocycles. The van der Waals surface area contributed by atoms with Gasteiger partial charge in [0.25, 0.3) is 0 Å². The average Bonchev–Trinajstić information content (AvgIpc) is 3.04. The molecule has 1 saturated heterocycles. The quantitative estimate of drug-likeness (QED) is 0.406. The molecule has 0 bridgehead atoms. The smallest absolute Gasteiger partial charge is 0.242 e. The standard InChI is InChI=1S/C24H23N3OS/c1-2-9-22-23(28)27(17-20-14-8-13-19-12-6-7-15-21(19)20)24(29-22)26-25-16-18-10-4-3-5-11-18/h3-8,10-16,22H,2,9,17H2,1H3. The lowest BCUT2D eigenvalue weighted by Crippen LogP contribution is -2.31. The molecule has 0 saturated carbocycles. The van der Waals surface area contributed by atoms with Crippen LogP contribution < -0.4 is 0 Å². The van der Waals surface area contributed by atoms with Crippen molar-refractivity contribution in [1.29, 1.82) is 0 Å². The molecule has 1 unspecified atom stereocenters. The lowest BCUT2D eigenvalue weighted by molar-refractivity contribution is -0.126. The minimum Gasteiger partial charge on any atom is -0.284 e. The van der Waals surface area contributed by atoms with Gasteiger partial charge in [-0.1, -0.05) is 97.9 Å². The molecule has 0 N–H and O–H groups in total. The largest absolute Gasteiger partial charge is 0.284 e. The van der Waals surface area contributed by atoms with Gasteiger partial charge < -0.3 is 0 Å². The Kier molecular flexibility index (Phi) is 6.06. The van der Waals surface area contributed by atoms with E-state index in [9.17, 15) is 4.79 Å². The number of fused-ring (bicyclic) bond motifs is 1. The number of hydrogen-bond acceptors (Lipinski definition) is 4. The normalized spacial score (nSPS) is 18.4. The molecule has 1 amide bonds. The first-order valence-electron chi connectivity index (χ1n) is 9.87. The van der Waals surface area contributed by atoms with Gasteiger partial charge in [0.1, 0.15) is 0 Å². The van der Waals surface area contributed by atoms with Gasteiger partial charge in [0.2, 0.25) is 5.91 Å². The Morgan fingerprint density at radius 1 is 1.00 bits per heavy atom. The summed E-state index contributed by atoms with van der Waals surface area (Å²) in [6, 6.07) is 24.3. The van der Waals surface area contributed by atoms with Gasteiger partial charge in [-0.25, -0.2) is 0 Å². The summed E-state index contributed by atoms with van der Waals surface area (Å²) in [6.45, 7) is 2.61. The molecule has 0 spiro atoms. The van der Waals surface area contributed by atoms with Gasteiger partial charge in [0, 0.05) is 0 Å². The van der Waals surface area contributed by atoms with Crippen molar-refractivity contribution in [2.75, 3.05) is 0 Å². The van der Waals surface area contributed by atoms with Crippen molar-refractivity contribution >= 4 is 39.8 Å². The van der Waals surface area contributed by atoms with Gasteiger partial charge in [0.05, 0.1) is 18.0 Å². The van der Waals surface area contributed by atoms with Crippen molar-refractivity contribution in [1.82, 2.24) is 4.90 Å². The summed E-state index contributed by atoms with van der Waals surface area (Å²) in [6.07, 6.45) is 3.53. The van der Waals surface area contributed by atoms with Crippen molar-refractivity contribution in [2.24, 2.45) is 10.2 Å². The number of carbonyl (C=O) groups excluding carboxylic acids is 1. The summed E-state index contributed by atoms with van der Waals surface area (Å²) < 4.78 is 0. The van der Waals surface area contributed by atoms with Crippen LogP contribution in [0.4, 0.5) is 0 Å². The van der Waals surface area contributed by atoms with Crippen LogP contribution in [0.15, 0.2) is 83.0 Å². The number of rotatable bonds is 6. The minimum absolute atomic E-state index is 0.0827. The number of thioether (sulfide) groups is 1. The highest BCUT2D eigenvalue weighted by molar-refractivity contribution is 8.15. The minimum atomic E-state index is -0.0827. The Morgan fingerprint density at radius 3 is 2.59 bits per heavy atom. The van der Waals surface area contributed by atoms with E-state index in [4.69, 9.17) is 0 Å². The van der Waals surface area contributed by atoms with E-state index in [1.54, 1.807) is 11.1 Å². The van der Waals surface area contributed by atoms with Crippen molar-refractivity contribution in [3.8, 4) is 0 Å². The van der Waals surface area contributed by atoms with E-state index in [0.29, 0.717) is 11.7 Å². The SMILES string of the molecule is CCCC1SC(=NN=Cc2ccccc2)N(Cc2cccc3ccccc23)C1=O. The van der Waals surface area contributed by atoms with E-state index in [0.717, 1.165) is 24.0 Å². The maximum absolute atomic E-state index is 13.1. The predicted molar refractivity (Wildman–Crippen MR) is 122 cm³/mol. The van der Waals surface area contributed by atoms with Gasteiger partial charge in [0.15, 0.2) is 5.17 Å². The maximum atomic E-state index is 13.1. The summed E-state index contributed by atoms with van der Waals surface area (Å²) >= 11 is 1.52. The Morgan fingerprint density at radius 2 is 1.76 bits per heavy atom. The van der Waals surface area contributed by atoms with E-state index in [-0.39, 0.29) is 11.2 Å². The number of amidine groups is 1. The molecule has 0 aliphatic carbocycles. The van der Waals surface area contributed by atoms with Crippen molar-refractivity contribution in [3.63, 3.8) is 0 Å². The maximum Gasteiger partial charge on any atom is 0.242 e. The van der Waals surface area contributed by atoms with Crippen LogP contribution >= 0.6 is 11.8 Å². The van der Waals surface area contributed by atoms with Crippen LogP contribution in [-0.4, -0.2) is 27.4 Å². The fourth-order valence-electron chi connectivity index (χ4n) is 3.46. The first-order valence-corrected chi connectivity index (χ1v) is 10.7. The molecular formula is C24H23N3OS. The monoisotopic (exact) mass is 401 g/mol. The molecule has 3 aromatic carbocycles. The van der Waals surface area contributed by atoms with Crippen LogP contribution in [0.1, 0.15) is 30.9 Å². The first kappa shape index (κ1) is 19.4. The highest BCUT2D eigenvalue weighted by atomic mass is 32.2. The van der Waals surface area contributed by atoms with Crippen molar-refractivity contribution in [2.45, 2.75) is 31.6 Å². The molecule has 29 heavy (non-hydrogen) atoms. The highest BCUT2D eigenvalue weighted by Gasteiger charge is 2.37. The second-order valence-corrected chi connectivity index (χ2v) is 8.17. The lowest BCUT2D eigenvalue weighted by Gasteiger charge is -2.17. The molecule has 3 aromatic rings. The Labute approximate surface area is 175 Å². The molecule has 5 heteroatoms. The molecule has 4 nitrogen and oxygen atoms in total. The van der Waals surface area contributed by atoms with E-state index >= 15 is 0 Å². The first-order chi connectivity index (χ1) is 14.3. The average molecular weight is 402 g/mol. The zero-order valence-electron chi connectivity index (χ0n) is 16.4. The number of nitrogens with zero attached hydrogens (tertiary/aromatic N) is 3. The summed E-state index contributed by atoms with van der Waals surface area (Å²) in [4.78, 5) is 14.8. The second-order valence-electron chi connectivity index (χ2n) is 7.00. The number of hydrogen-bond donors (Lipinski definition) is 0. The van der Waals surface area contributed by atoms with Crippen LogP contribution in [0, 0.1) is 0 Å². The number of carbonyl (C=O) groups is 1. The van der Waals surface area contributed by atoms with Crippen molar-refractivity contribution < 1.29 is 4.79 Å². The third-order valence-corrected chi connectivity index (χ3v) is 6.16. The summed E-state index contributed by atoms with van der Waals surface area (Å²) in [5.41, 5.74) is 2.10.